The monoisotopic (exact) mass is 574 g/mol. The molecule has 1 N–H and O–H groups in total. The number of hydrogen-bond donors (Lipinski definition) is 1. The van der Waals surface area contributed by atoms with E-state index in [1.54, 1.807) is 30.3 Å². The number of rotatable bonds is 6. The molecule has 2 aliphatic heterocycles. The van der Waals surface area contributed by atoms with Crippen molar-refractivity contribution in [3.63, 3.8) is 0 Å². The Bertz CT molecular complexity index is 1360. The van der Waals surface area contributed by atoms with Crippen LogP contribution >= 0.6 is 0 Å². The van der Waals surface area contributed by atoms with Crippen LogP contribution in [0.5, 0.6) is 5.75 Å². The van der Waals surface area contributed by atoms with Gasteiger partial charge >= 0.3 is 12.3 Å². The van der Waals surface area contributed by atoms with E-state index in [0.29, 0.717) is 24.2 Å². The van der Waals surface area contributed by atoms with Crippen LogP contribution in [0.1, 0.15) is 55.6 Å². The minimum absolute atomic E-state index is 0.0142. The van der Waals surface area contributed by atoms with Gasteiger partial charge in [-0.1, -0.05) is 12.1 Å². The fourth-order valence-corrected chi connectivity index (χ4v) is 6.50. The van der Waals surface area contributed by atoms with E-state index in [-0.39, 0.29) is 29.5 Å². The standard InChI is InChI=1S/C29H30F4N4O4/c1-39-27(38)23-12-13-28(26(23)18-6-8-20(30)9-7-18)15-19(16-40-28)24-14-21(36-17-34-35-37(36)29(31,32)33)10-11-25(24)41-22-4-2-3-5-22/h6-11,14-15,17,22-23,26,35H,2-5,12-13,16H2,1H3/t23?,26-,28-/m1/s1. The molecule has 0 bridgehead atoms. The maximum atomic E-state index is 13.8. The Hall–Kier alpha value is -3.64. The number of esters is 1. The van der Waals surface area contributed by atoms with Crippen molar-refractivity contribution in [3.8, 4) is 5.75 Å². The van der Waals surface area contributed by atoms with Crippen LogP contribution in [0.2, 0.25) is 0 Å². The summed E-state index contributed by atoms with van der Waals surface area (Å²) in [5.41, 5.74) is 3.38. The van der Waals surface area contributed by atoms with Crippen LogP contribution in [0, 0.1) is 11.7 Å². The smallest absolute Gasteiger partial charge is 0.490 e. The highest BCUT2D eigenvalue weighted by molar-refractivity contribution is 5.84. The highest BCUT2D eigenvalue weighted by Crippen LogP contribution is 2.54. The third-order valence-electron chi connectivity index (χ3n) is 8.37. The van der Waals surface area contributed by atoms with Crippen molar-refractivity contribution in [1.82, 2.24) is 10.7 Å². The van der Waals surface area contributed by atoms with Crippen LogP contribution < -0.4 is 15.3 Å². The first-order chi connectivity index (χ1) is 19.7. The number of hydrazine groups is 2. The molecular formula is C29H30F4N4O4. The lowest BCUT2D eigenvalue weighted by Gasteiger charge is -2.31. The van der Waals surface area contributed by atoms with Crippen molar-refractivity contribution >= 4 is 23.6 Å². The van der Waals surface area contributed by atoms with Crippen LogP contribution in [0.25, 0.3) is 5.57 Å². The molecule has 2 saturated carbocycles. The summed E-state index contributed by atoms with van der Waals surface area (Å²) in [5, 5.41) is 4.43. The van der Waals surface area contributed by atoms with Crippen molar-refractivity contribution in [2.45, 2.75) is 62.4 Å². The van der Waals surface area contributed by atoms with Gasteiger partial charge in [0.05, 0.1) is 37.0 Å². The van der Waals surface area contributed by atoms with Gasteiger partial charge in [-0.05, 0) is 91.2 Å². The Morgan fingerprint density at radius 3 is 2.59 bits per heavy atom. The zero-order chi connectivity index (χ0) is 28.8. The lowest BCUT2D eigenvalue weighted by atomic mass is 9.79. The van der Waals surface area contributed by atoms with E-state index in [2.05, 4.69) is 5.10 Å². The molecule has 8 nitrogen and oxygen atoms in total. The molecule has 2 aromatic rings. The molecule has 41 heavy (non-hydrogen) atoms. The maximum Gasteiger partial charge on any atom is 0.497 e. The van der Waals surface area contributed by atoms with Gasteiger partial charge in [-0.3, -0.25) is 4.79 Å². The number of carbonyl (C=O) groups is 1. The molecule has 2 aliphatic carbocycles. The average molecular weight is 575 g/mol. The number of alkyl halides is 3. The average Bonchev–Trinajstić information content (AvgIpc) is 3.77. The summed E-state index contributed by atoms with van der Waals surface area (Å²) < 4.78 is 72.6. The Morgan fingerprint density at radius 1 is 1.12 bits per heavy atom. The van der Waals surface area contributed by atoms with Crippen LogP contribution in [-0.2, 0) is 14.3 Å². The Morgan fingerprint density at radius 2 is 1.88 bits per heavy atom. The number of benzene rings is 2. The van der Waals surface area contributed by atoms with Gasteiger partial charge in [0.2, 0.25) is 0 Å². The number of hydrazone groups is 1. The first-order valence-electron chi connectivity index (χ1n) is 13.6. The van der Waals surface area contributed by atoms with E-state index < -0.39 is 29.6 Å². The summed E-state index contributed by atoms with van der Waals surface area (Å²) in [4.78, 5) is 12.8. The molecule has 12 heteroatoms. The minimum atomic E-state index is -4.72. The maximum absolute atomic E-state index is 13.8. The van der Waals surface area contributed by atoms with Crippen molar-refractivity contribution in [2.24, 2.45) is 11.0 Å². The number of nitrogens with zero attached hydrogens (tertiary/aromatic N) is 3. The Kier molecular flexibility index (Phi) is 7.14. The molecule has 218 valence electrons. The van der Waals surface area contributed by atoms with Crippen molar-refractivity contribution in [2.75, 3.05) is 18.7 Å². The van der Waals surface area contributed by atoms with Crippen molar-refractivity contribution < 1.29 is 36.6 Å². The van der Waals surface area contributed by atoms with E-state index in [9.17, 15) is 22.4 Å². The molecule has 2 fully saturated rings. The van der Waals surface area contributed by atoms with Gasteiger partial charge in [0, 0.05) is 11.5 Å². The molecule has 0 amide bonds. The van der Waals surface area contributed by atoms with Gasteiger partial charge in [0.15, 0.2) is 0 Å². The van der Waals surface area contributed by atoms with Gasteiger partial charge in [-0.25, -0.2) is 14.9 Å². The lowest BCUT2D eigenvalue weighted by Crippen LogP contribution is -2.52. The molecule has 1 unspecified atom stereocenters. The first-order valence-corrected chi connectivity index (χ1v) is 13.6. The number of carbonyl (C=O) groups excluding carboxylic acids is 1. The number of ether oxygens (including phenoxy) is 3. The molecular weight excluding hydrogens is 544 g/mol. The molecule has 3 atom stereocenters. The largest absolute Gasteiger partial charge is 0.497 e. The summed E-state index contributed by atoms with van der Waals surface area (Å²) in [6, 6.07) is 10.9. The van der Waals surface area contributed by atoms with Gasteiger partial charge < -0.3 is 14.2 Å². The normalized spacial score (nSPS) is 26.6. The molecule has 4 aliphatic rings. The van der Waals surface area contributed by atoms with E-state index in [1.165, 1.54) is 19.2 Å². The van der Waals surface area contributed by atoms with Gasteiger partial charge in [0.25, 0.3) is 0 Å². The molecule has 6 rings (SSSR count). The zero-order valence-electron chi connectivity index (χ0n) is 22.4. The van der Waals surface area contributed by atoms with Crippen LogP contribution in [0.4, 0.5) is 23.2 Å². The van der Waals surface area contributed by atoms with Crippen LogP contribution in [0.3, 0.4) is 0 Å². The van der Waals surface area contributed by atoms with E-state index >= 15 is 0 Å². The molecule has 1 spiro atoms. The topological polar surface area (TPSA) is 75.6 Å². The summed E-state index contributed by atoms with van der Waals surface area (Å²) in [7, 11) is 1.34. The first kappa shape index (κ1) is 27.5. The second kappa shape index (κ2) is 10.6. The lowest BCUT2D eigenvalue weighted by molar-refractivity contribution is -0.259. The number of nitrogens with one attached hydrogen (secondary N) is 1. The van der Waals surface area contributed by atoms with Gasteiger partial charge in [-0.2, -0.15) is 18.3 Å². The fourth-order valence-electron chi connectivity index (χ4n) is 6.50. The highest BCUT2D eigenvalue weighted by atomic mass is 19.4. The Labute approximate surface area is 234 Å². The van der Waals surface area contributed by atoms with Crippen LogP contribution in [0.15, 0.2) is 53.6 Å². The minimum Gasteiger partial charge on any atom is -0.490 e. The fraction of sp³-hybridized carbons (Fsp3) is 0.448. The molecule has 2 heterocycles. The Balaban J connectivity index is 1.41. The van der Waals surface area contributed by atoms with Gasteiger partial charge in [-0.15, -0.1) is 0 Å². The number of hydrogen-bond acceptors (Lipinski definition) is 8. The van der Waals surface area contributed by atoms with Crippen LogP contribution in [-0.4, -0.2) is 49.1 Å². The van der Waals surface area contributed by atoms with Crippen molar-refractivity contribution in [3.05, 3.63) is 65.5 Å². The molecule has 0 saturated heterocycles. The quantitative estimate of drug-likeness (QED) is 0.271. The molecule has 0 aromatic heterocycles. The van der Waals surface area contributed by atoms with E-state index in [1.807, 2.05) is 11.6 Å². The predicted molar refractivity (Wildman–Crippen MR) is 142 cm³/mol. The highest BCUT2D eigenvalue weighted by Gasteiger charge is 2.54. The second-order valence-electron chi connectivity index (χ2n) is 10.8. The number of methoxy groups -OCH3 is 1. The van der Waals surface area contributed by atoms with Gasteiger partial charge in [0.1, 0.15) is 17.9 Å². The summed E-state index contributed by atoms with van der Waals surface area (Å²) in [5.74, 6) is -1.16. The number of halogens is 4. The molecule has 2 aromatic carbocycles. The molecule has 0 radical (unpaired) electrons. The van der Waals surface area contributed by atoms with E-state index in [4.69, 9.17) is 14.2 Å². The summed E-state index contributed by atoms with van der Waals surface area (Å²) in [6.07, 6.45) is 3.23. The summed E-state index contributed by atoms with van der Waals surface area (Å²) in [6.45, 7) is 0.158. The van der Waals surface area contributed by atoms with E-state index in [0.717, 1.165) is 48.2 Å². The summed E-state index contributed by atoms with van der Waals surface area (Å²) >= 11 is 0. The second-order valence-corrected chi connectivity index (χ2v) is 10.8. The third kappa shape index (κ3) is 5.14. The van der Waals surface area contributed by atoms with Crippen molar-refractivity contribution in [1.29, 1.82) is 0 Å². The zero-order valence-corrected chi connectivity index (χ0v) is 22.4. The predicted octanol–water partition coefficient (Wildman–Crippen LogP) is 5.67. The third-order valence-corrected chi connectivity index (χ3v) is 8.37. The number of anilines is 1. The SMILES string of the molecule is COC(=O)C1CC[C@@]2(C=C(c3cc(N4C=NNN4C(F)(F)F)ccc3OC3CCCC3)CO2)[C@@H]1c1ccc(F)cc1.